The second-order valence-corrected chi connectivity index (χ2v) is 5.82. The van der Waals surface area contributed by atoms with Crippen molar-refractivity contribution in [3.05, 3.63) is 71.8 Å². The lowest BCUT2D eigenvalue weighted by Crippen LogP contribution is -2.45. The van der Waals surface area contributed by atoms with Gasteiger partial charge in [0.2, 0.25) is 0 Å². The Bertz CT molecular complexity index is 723. The summed E-state index contributed by atoms with van der Waals surface area (Å²) in [5, 5.41) is 11.1. The zero-order chi connectivity index (χ0) is 19.0. The number of ether oxygens (including phenoxy) is 1. The van der Waals surface area contributed by atoms with Gasteiger partial charge in [-0.05, 0) is 11.1 Å². The zero-order valence-electron chi connectivity index (χ0n) is 13.9. The molecule has 0 fully saturated rings. The number of amides is 1. The van der Waals surface area contributed by atoms with Crippen LogP contribution in [0, 0.1) is 0 Å². The Balaban J connectivity index is 1.90. The van der Waals surface area contributed by atoms with E-state index >= 15 is 0 Å². The maximum absolute atomic E-state index is 14.2. The molecule has 1 atom stereocenters. The van der Waals surface area contributed by atoms with Gasteiger partial charge < -0.3 is 15.2 Å². The van der Waals surface area contributed by atoms with E-state index in [0.29, 0.717) is 11.1 Å². The van der Waals surface area contributed by atoms with Crippen molar-refractivity contribution in [2.24, 2.45) is 0 Å². The van der Waals surface area contributed by atoms with Gasteiger partial charge in [0.25, 0.3) is 5.92 Å². The number of alkyl halides is 2. The molecule has 0 saturated heterocycles. The van der Waals surface area contributed by atoms with Crippen molar-refractivity contribution in [2.75, 3.05) is 0 Å². The number of carbonyl (C=O) groups is 2. The minimum atomic E-state index is -3.29. The second kappa shape index (κ2) is 8.94. The molecule has 2 N–H and O–H groups in total. The number of rotatable bonds is 8. The summed E-state index contributed by atoms with van der Waals surface area (Å²) < 4.78 is 33.2. The third kappa shape index (κ3) is 6.51. The first kappa shape index (κ1) is 19.4. The summed E-state index contributed by atoms with van der Waals surface area (Å²) in [5.74, 6) is -4.84. The Labute approximate surface area is 149 Å². The van der Waals surface area contributed by atoms with Gasteiger partial charge in [0, 0.05) is 12.8 Å². The summed E-state index contributed by atoms with van der Waals surface area (Å²) in [6.45, 7) is -0.0839. The predicted octanol–water partition coefficient (Wildman–Crippen LogP) is 3.63. The van der Waals surface area contributed by atoms with Crippen LogP contribution >= 0.6 is 0 Å². The lowest BCUT2D eigenvalue weighted by atomic mass is 10.0. The van der Waals surface area contributed by atoms with E-state index in [1.807, 2.05) is 5.32 Å². The zero-order valence-corrected chi connectivity index (χ0v) is 13.9. The Hall–Kier alpha value is -2.96. The van der Waals surface area contributed by atoms with Gasteiger partial charge in [-0.3, -0.25) is 0 Å². The SMILES string of the molecule is O=C(NC(CC(F)(F)Cc1ccccc1)C(=O)O)OCc1ccccc1. The van der Waals surface area contributed by atoms with Crippen LogP contribution in [0.3, 0.4) is 0 Å². The molecule has 0 aliphatic rings. The van der Waals surface area contributed by atoms with Gasteiger partial charge >= 0.3 is 12.1 Å². The minimum Gasteiger partial charge on any atom is -0.480 e. The lowest BCUT2D eigenvalue weighted by Gasteiger charge is -2.21. The number of carboxylic acid groups (broad SMARTS) is 1. The third-order valence-electron chi connectivity index (χ3n) is 3.61. The van der Waals surface area contributed by atoms with Crippen molar-refractivity contribution < 1.29 is 28.2 Å². The normalized spacial score (nSPS) is 12.2. The van der Waals surface area contributed by atoms with E-state index in [4.69, 9.17) is 9.84 Å². The Kier molecular flexibility index (Phi) is 6.66. The summed E-state index contributed by atoms with van der Waals surface area (Å²) >= 11 is 0. The Morgan fingerprint density at radius 1 is 1.00 bits per heavy atom. The highest BCUT2D eigenvalue weighted by Gasteiger charge is 2.37. The van der Waals surface area contributed by atoms with Gasteiger partial charge in [0.05, 0.1) is 0 Å². The van der Waals surface area contributed by atoms with Crippen LogP contribution in [0.5, 0.6) is 0 Å². The molecule has 2 rings (SSSR count). The van der Waals surface area contributed by atoms with Gasteiger partial charge in [-0.25, -0.2) is 18.4 Å². The van der Waals surface area contributed by atoms with E-state index in [1.165, 1.54) is 12.1 Å². The monoisotopic (exact) mass is 363 g/mol. The van der Waals surface area contributed by atoms with Crippen molar-refractivity contribution in [3.63, 3.8) is 0 Å². The summed E-state index contributed by atoms with van der Waals surface area (Å²) in [6.07, 6.45) is -2.70. The highest BCUT2D eigenvalue weighted by molar-refractivity contribution is 5.79. The van der Waals surface area contributed by atoms with Crippen LogP contribution in [0.15, 0.2) is 60.7 Å². The molecule has 0 bridgehead atoms. The smallest absolute Gasteiger partial charge is 0.408 e. The maximum atomic E-state index is 14.2. The van der Waals surface area contributed by atoms with Gasteiger partial charge in [-0.15, -0.1) is 0 Å². The molecule has 26 heavy (non-hydrogen) atoms. The van der Waals surface area contributed by atoms with Crippen LogP contribution < -0.4 is 5.32 Å². The standard InChI is InChI=1S/C19H19F2NO4/c20-19(21,11-14-7-3-1-4-8-14)12-16(17(23)24)22-18(25)26-13-15-9-5-2-6-10-15/h1-10,16H,11-13H2,(H,22,25)(H,23,24). The second-order valence-electron chi connectivity index (χ2n) is 5.82. The van der Waals surface area contributed by atoms with Crippen molar-refractivity contribution in [3.8, 4) is 0 Å². The summed E-state index contributed by atoms with van der Waals surface area (Å²) in [7, 11) is 0. The summed E-state index contributed by atoms with van der Waals surface area (Å²) in [5.41, 5.74) is 1.08. The molecule has 1 unspecified atom stereocenters. The molecule has 138 valence electrons. The number of nitrogens with one attached hydrogen (secondary N) is 1. The number of alkyl carbamates (subject to hydrolysis) is 1. The summed E-state index contributed by atoms with van der Waals surface area (Å²) in [4.78, 5) is 23.0. The van der Waals surface area contributed by atoms with Crippen molar-refractivity contribution in [2.45, 2.75) is 31.4 Å². The van der Waals surface area contributed by atoms with Crippen LogP contribution in [-0.4, -0.2) is 29.1 Å². The van der Waals surface area contributed by atoms with E-state index in [-0.39, 0.29) is 6.61 Å². The van der Waals surface area contributed by atoms with E-state index in [1.54, 1.807) is 48.5 Å². The Morgan fingerprint density at radius 2 is 1.54 bits per heavy atom. The molecular weight excluding hydrogens is 344 g/mol. The molecule has 0 aliphatic carbocycles. The molecule has 0 aromatic heterocycles. The molecule has 2 aromatic rings. The van der Waals surface area contributed by atoms with Crippen LogP contribution in [0.1, 0.15) is 17.5 Å². The number of hydrogen-bond donors (Lipinski definition) is 2. The highest BCUT2D eigenvalue weighted by atomic mass is 19.3. The van der Waals surface area contributed by atoms with Crippen LogP contribution in [0.4, 0.5) is 13.6 Å². The first-order valence-corrected chi connectivity index (χ1v) is 7.97. The Morgan fingerprint density at radius 3 is 2.08 bits per heavy atom. The largest absolute Gasteiger partial charge is 0.480 e. The molecule has 2 aromatic carbocycles. The third-order valence-corrected chi connectivity index (χ3v) is 3.61. The number of carboxylic acids is 1. The average Bonchev–Trinajstić information content (AvgIpc) is 2.60. The molecule has 0 spiro atoms. The van der Waals surface area contributed by atoms with E-state index in [9.17, 15) is 18.4 Å². The number of hydrogen-bond acceptors (Lipinski definition) is 3. The minimum absolute atomic E-state index is 0.0839. The summed E-state index contributed by atoms with van der Waals surface area (Å²) in [6, 6.07) is 15.0. The van der Waals surface area contributed by atoms with Gasteiger partial charge in [-0.1, -0.05) is 60.7 Å². The van der Waals surface area contributed by atoms with E-state index < -0.39 is 36.9 Å². The molecule has 1 amide bonds. The molecule has 0 radical (unpaired) electrons. The molecule has 0 aliphatic heterocycles. The van der Waals surface area contributed by atoms with Gasteiger partial charge in [0.15, 0.2) is 0 Å². The predicted molar refractivity (Wildman–Crippen MR) is 90.9 cm³/mol. The lowest BCUT2D eigenvalue weighted by molar-refractivity contribution is -0.142. The molecule has 7 heteroatoms. The number of aliphatic carboxylic acids is 1. The topological polar surface area (TPSA) is 75.6 Å². The first-order chi connectivity index (χ1) is 12.4. The number of benzene rings is 2. The molecular formula is C19H19F2NO4. The van der Waals surface area contributed by atoms with Crippen LogP contribution in [0.2, 0.25) is 0 Å². The van der Waals surface area contributed by atoms with Crippen molar-refractivity contribution in [1.82, 2.24) is 5.32 Å². The van der Waals surface area contributed by atoms with Gasteiger partial charge in [-0.2, -0.15) is 0 Å². The van der Waals surface area contributed by atoms with Crippen LogP contribution in [-0.2, 0) is 22.6 Å². The highest BCUT2D eigenvalue weighted by Crippen LogP contribution is 2.25. The molecule has 5 nitrogen and oxygen atoms in total. The van der Waals surface area contributed by atoms with Crippen molar-refractivity contribution in [1.29, 1.82) is 0 Å². The number of halogens is 2. The molecule has 0 heterocycles. The van der Waals surface area contributed by atoms with E-state index in [2.05, 4.69) is 0 Å². The maximum Gasteiger partial charge on any atom is 0.408 e. The van der Waals surface area contributed by atoms with Crippen molar-refractivity contribution >= 4 is 12.1 Å². The van der Waals surface area contributed by atoms with Gasteiger partial charge in [0.1, 0.15) is 12.6 Å². The fourth-order valence-electron chi connectivity index (χ4n) is 2.37. The van der Waals surface area contributed by atoms with Crippen LogP contribution in [0.25, 0.3) is 0 Å². The fourth-order valence-corrected chi connectivity index (χ4v) is 2.37. The molecule has 0 saturated carbocycles. The van der Waals surface area contributed by atoms with E-state index in [0.717, 1.165) is 0 Å². The average molecular weight is 363 g/mol. The number of carbonyl (C=O) groups excluding carboxylic acids is 1. The quantitative estimate of drug-likeness (QED) is 0.751. The first-order valence-electron chi connectivity index (χ1n) is 7.97. The fraction of sp³-hybridized carbons (Fsp3) is 0.263.